The van der Waals surface area contributed by atoms with E-state index in [1.165, 1.54) is 135 Å². The van der Waals surface area contributed by atoms with Crippen molar-refractivity contribution in [1.29, 1.82) is 0 Å². The fraction of sp³-hybridized carbons (Fsp3) is 1.00. The fourth-order valence-electron chi connectivity index (χ4n) is 4.98. The van der Waals surface area contributed by atoms with Gasteiger partial charge in [0.1, 0.15) is 0 Å². The highest BCUT2D eigenvalue weighted by atomic mass is 15.1. The minimum Gasteiger partial charge on any atom is -0.303 e. The maximum atomic E-state index is 2.81. The Morgan fingerprint density at radius 2 is 1.19 bits per heavy atom. The van der Waals surface area contributed by atoms with Gasteiger partial charge in [-0.25, -0.2) is 0 Å². The third-order valence-electron chi connectivity index (χ3n) is 6.85. The zero-order valence-electron chi connectivity index (χ0n) is 19.5. The van der Waals surface area contributed by atoms with Crippen molar-refractivity contribution in [3.05, 3.63) is 0 Å². The first-order valence-corrected chi connectivity index (χ1v) is 13.0. The Bertz CT molecular complexity index is 293. The van der Waals surface area contributed by atoms with Crippen LogP contribution in [-0.4, -0.2) is 24.5 Å². The molecule has 0 aromatic carbocycles. The number of piperidine rings is 1. The van der Waals surface area contributed by atoms with E-state index >= 15 is 0 Å². The van der Waals surface area contributed by atoms with Crippen LogP contribution in [0.4, 0.5) is 0 Å². The highest BCUT2D eigenvalue weighted by Crippen LogP contribution is 2.26. The van der Waals surface area contributed by atoms with Gasteiger partial charge in [-0.1, -0.05) is 111 Å². The third-order valence-corrected chi connectivity index (χ3v) is 6.85. The molecule has 162 valence electrons. The Labute approximate surface area is 173 Å². The van der Waals surface area contributed by atoms with Crippen LogP contribution in [0, 0.1) is 11.8 Å². The second-order valence-electron chi connectivity index (χ2n) is 9.51. The summed E-state index contributed by atoms with van der Waals surface area (Å²) >= 11 is 0. The maximum Gasteiger partial charge on any atom is 0.000966 e. The van der Waals surface area contributed by atoms with Crippen molar-refractivity contribution in [2.24, 2.45) is 11.8 Å². The van der Waals surface area contributed by atoms with E-state index in [0.29, 0.717) is 0 Å². The Kier molecular flexibility index (Phi) is 16.7. The van der Waals surface area contributed by atoms with Crippen LogP contribution >= 0.6 is 0 Å². The molecule has 0 aliphatic carbocycles. The summed E-state index contributed by atoms with van der Waals surface area (Å²) < 4.78 is 0. The molecular formula is C26H53N. The molecule has 1 atom stereocenters. The predicted octanol–water partition coefficient (Wildman–Crippen LogP) is 8.62. The predicted molar refractivity (Wildman–Crippen MR) is 124 cm³/mol. The van der Waals surface area contributed by atoms with Gasteiger partial charge in [0.15, 0.2) is 0 Å². The summed E-state index contributed by atoms with van der Waals surface area (Å²) in [5.41, 5.74) is 0. The molecule has 1 fully saturated rings. The molecule has 1 aliphatic rings. The van der Waals surface area contributed by atoms with Crippen LogP contribution in [0.1, 0.15) is 136 Å². The van der Waals surface area contributed by atoms with Gasteiger partial charge in [0, 0.05) is 6.54 Å². The molecule has 0 bridgehead atoms. The van der Waals surface area contributed by atoms with Gasteiger partial charge in [-0.05, 0) is 50.6 Å². The molecule has 1 heterocycles. The molecule has 0 saturated carbocycles. The van der Waals surface area contributed by atoms with Crippen LogP contribution < -0.4 is 0 Å². The van der Waals surface area contributed by atoms with Gasteiger partial charge in [-0.3, -0.25) is 0 Å². The van der Waals surface area contributed by atoms with E-state index in [1.54, 1.807) is 0 Å². The SMILES string of the molecule is CCCCCCCCCC1CCN(CC(CCC)CCCCCCC)CC1. The summed E-state index contributed by atoms with van der Waals surface area (Å²) in [6.07, 6.45) is 26.2. The molecular weight excluding hydrogens is 326 g/mol. The standard InChI is InChI=1S/C26H53N/c1-4-7-9-11-12-14-15-18-25-20-22-27(23-21-25)24-26(17-6-3)19-16-13-10-8-5-2/h25-26H,4-24H2,1-3H3. The first-order valence-electron chi connectivity index (χ1n) is 13.0. The Morgan fingerprint density at radius 1 is 0.630 bits per heavy atom. The van der Waals surface area contributed by atoms with Crippen molar-refractivity contribution >= 4 is 0 Å². The zero-order chi connectivity index (χ0) is 19.6. The first kappa shape index (κ1) is 25.0. The molecule has 0 aromatic heterocycles. The molecule has 0 amide bonds. The minimum atomic E-state index is 0.969. The van der Waals surface area contributed by atoms with Crippen LogP contribution in [0.5, 0.6) is 0 Å². The molecule has 27 heavy (non-hydrogen) atoms. The number of rotatable bonds is 18. The van der Waals surface area contributed by atoms with E-state index in [4.69, 9.17) is 0 Å². The van der Waals surface area contributed by atoms with E-state index in [9.17, 15) is 0 Å². The van der Waals surface area contributed by atoms with Gasteiger partial charge in [0.25, 0.3) is 0 Å². The summed E-state index contributed by atoms with van der Waals surface area (Å²) in [5, 5.41) is 0. The Balaban J connectivity index is 2.07. The highest BCUT2D eigenvalue weighted by molar-refractivity contribution is 4.75. The lowest BCUT2D eigenvalue weighted by Gasteiger charge is -2.34. The van der Waals surface area contributed by atoms with Gasteiger partial charge in [-0.2, -0.15) is 0 Å². The average molecular weight is 380 g/mol. The van der Waals surface area contributed by atoms with Crippen LogP contribution in [0.25, 0.3) is 0 Å². The largest absolute Gasteiger partial charge is 0.303 e. The number of likely N-dealkylation sites (tertiary alicyclic amines) is 1. The van der Waals surface area contributed by atoms with Gasteiger partial charge < -0.3 is 4.90 Å². The van der Waals surface area contributed by atoms with E-state index in [1.807, 2.05) is 0 Å². The molecule has 0 N–H and O–H groups in total. The Morgan fingerprint density at radius 3 is 1.78 bits per heavy atom. The van der Waals surface area contributed by atoms with Crippen LogP contribution in [0.2, 0.25) is 0 Å². The lowest BCUT2D eigenvalue weighted by molar-refractivity contribution is 0.147. The fourth-order valence-corrected chi connectivity index (χ4v) is 4.98. The summed E-state index contributed by atoms with van der Waals surface area (Å²) in [6.45, 7) is 11.2. The van der Waals surface area contributed by atoms with Crippen molar-refractivity contribution in [1.82, 2.24) is 4.90 Å². The molecule has 0 aromatic rings. The van der Waals surface area contributed by atoms with Gasteiger partial charge in [0.05, 0.1) is 0 Å². The van der Waals surface area contributed by atoms with E-state index in [2.05, 4.69) is 25.7 Å². The number of hydrogen-bond donors (Lipinski definition) is 0. The second-order valence-corrected chi connectivity index (χ2v) is 9.51. The first-order chi connectivity index (χ1) is 13.3. The zero-order valence-corrected chi connectivity index (χ0v) is 19.5. The molecule has 1 rings (SSSR count). The second kappa shape index (κ2) is 18.0. The van der Waals surface area contributed by atoms with Crippen molar-refractivity contribution in [2.45, 2.75) is 136 Å². The summed E-state index contributed by atoms with van der Waals surface area (Å²) in [7, 11) is 0. The highest BCUT2D eigenvalue weighted by Gasteiger charge is 2.21. The average Bonchev–Trinajstić information content (AvgIpc) is 2.68. The minimum absolute atomic E-state index is 0.969. The number of nitrogens with zero attached hydrogens (tertiary/aromatic N) is 1. The lowest BCUT2D eigenvalue weighted by Crippen LogP contribution is -2.37. The normalized spacial score (nSPS) is 17.4. The monoisotopic (exact) mass is 379 g/mol. The van der Waals surface area contributed by atoms with Gasteiger partial charge >= 0.3 is 0 Å². The molecule has 1 saturated heterocycles. The van der Waals surface area contributed by atoms with Crippen molar-refractivity contribution in [3.63, 3.8) is 0 Å². The number of unbranched alkanes of at least 4 members (excludes halogenated alkanes) is 10. The van der Waals surface area contributed by atoms with E-state index in [-0.39, 0.29) is 0 Å². The summed E-state index contributed by atoms with van der Waals surface area (Å²) in [6, 6.07) is 0. The molecule has 1 unspecified atom stereocenters. The van der Waals surface area contributed by atoms with Gasteiger partial charge in [0.2, 0.25) is 0 Å². The van der Waals surface area contributed by atoms with Crippen LogP contribution in [-0.2, 0) is 0 Å². The molecule has 0 spiro atoms. The third kappa shape index (κ3) is 13.7. The summed E-state index contributed by atoms with van der Waals surface area (Å²) in [5.74, 6) is 2.01. The molecule has 1 aliphatic heterocycles. The quantitative estimate of drug-likeness (QED) is 0.215. The lowest BCUT2D eigenvalue weighted by atomic mass is 9.89. The van der Waals surface area contributed by atoms with E-state index < -0.39 is 0 Å². The summed E-state index contributed by atoms with van der Waals surface area (Å²) in [4.78, 5) is 2.81. The van der Waals surface area contributed by atoms with Crippen molar-refractivity contribution in [3.8, 4) is 0 Å². The molecule has 1 nitrogen and oxygen atoms in total. The smallest absolute Gasteiger partial charge is 0.000966 e. The van der Waals surface area contributed by atoms with Crippen LogP contribution in [0.3, 0.4) is 0 Å². The van der Waals surface area contributed by atoms with Crippen molar-refractivity contribution in [2.75, 3.05) is 19.6 Å². The molecule has 0 radical (unpaired) electrons. The van der Waals surface area contributed by atoms with Crippen molar-refractivity contribution < 1.29 is 0 Å². The van der Waals surface area contributed by atoms with Gasteiger partial charge in [-0.15, -0.1) is 0 Å². The topological polar surface area (TPSA) is 3.24 Å². The Hall–Kier alpha value is -0.0400. The molecule has 1 heteroatoms. The number of hydrogen-bond acceptors (Lipinski definition) is 1. The van der Waals surface area contributed by atoms with E-state index in [0.717, 1.165) is 11.8 Å². The maximum absolute atomic E-state index is 2.81. The van der Waals surface area contributed by atoms with Crippen LogP contribution in [0.15, 0.2) is 0 Å².